The predicted octanol–water partition coefficient (Wildman–Crippen LogP) is 2.58. The number of alkyl halides is 4. The third kappa shape index (κ3) is 5.84. The van der Waals surface area contributed by atoms with E-state index in [9.17, 15) is 17.6 Å². The van der Waals surface area contributed by atoms with Gasteiger partial charge < -0.3 is 10.1 Å². The molecular formula is C11H16F4N2OS. The van der Waals surface area contributed by atoms with Gasteiger partial charge in [-0.1, -0.05) is 6.92 Å². The Labute approximate surface area is 113 Å². The zero-order valence-electron chi connectivity index (χ0n) is 10.4. The second-order valence-corrected chi connectivity index (χ2v) is 4.97. The fraction of sp³-hybridized carbons (Fsp3) is 0.727. The number of halogens is 4. The lowest BCUT2D eigenvalue weighted by Crippen LogP contribution is -2.38. The maximum atomic E-state index is 12.7. The minimum Gasteiger partial charge on any atom is -0.373 e. The highest BCUT2D eigenvalue weighted by molar-refractivity contribution is 7.09. The first kappa shape index (κ1) is 16.3. The van der Waals surface area contributed by atoms with Gasteiger partial charge in [0.25, 0.3) is 0 Å². The van der Waals surface area contributed by atoms with Crippen molar-refractivity contribution >= 4 is 11.3 Å². The summed E-state index contributed by atoms with van der Waals surface area (Å²) >= 11 is 1.45. The lowest BCUT2D eigenvalue weighted by molar-refractivity contribution is -0.167. The van der Waals surface area contributed by atoms with Crippen molar-refractivity contribution < 1.29 is 22.3 Å². The van der Waals surface area contributed by atoms with Crippen molar-refractivity contribution in [1.29, 1.82) is 0 Å². The molecule has 1 aromatic heterocycles. The van der Waals surface area contributed by atoms with E-state index in [1.807, 2.05) is 6.92 Å². The van der Waals surface area contributed by atoms with E-state index in [-0.39, 0.29) is 12.6 Å². The summed E-state index contributed by atoms with van der Waals surface area (Å²) in [6.07, 6.45) is -1.45. The molecular weight excluding hydrogens is 284 g/mol. The molecule has 0 saturated heterocycles. The average molecular weight is 300 g/mol. The van der Waals surface area contributed by atoms with E-state index in [1.165, 1.54) is 11.3 Å². The number of ether oxygens (including phenoxy) is 1. The van der Waals surface area contributed by atoms with Crippen LogP contribution in [0.5, 0.6) is 0 Å². The molecule has 1 N–H and O–H groups in total. The highest BCUT2D eigenvalue weighted by Gasteiger charge is 2.41. The molecule has 0 saturated carbocycles. The van der Waals surface area contributed by atoms with E-state index >= 15 is 0 Å². The van der Waals surface area contributed by atoms with Crippen molar-refractivity contribution in [1.82, 2.24) is 10.3 Å². The number of hydrogen-bond donors (Lipinski definition) is 1. The van der Waals surface area contributed by atoms with Crippen molar-refractivity contribution in [3.8, 4) is 0 Å². The van der Waals surface area contributed by atoms with Crippen LogP contribution in [0.3, 0.4) is 0 Å². The number of nitrogens with zero attached hydrogens (tertiary/aromatic N) is 1. The number of rotatable bonds is 9. The Hall–Kier alpha value is -0.730. The first-order valence-corrected chi connectivity index (χ1v) is 6.68. The topological polar surface area (TPSA) is 34.1 Å². The Bertz CT molecular complexity index is 348. The van der Waals surface area contributed by atoms with Gasteiger partial charge in [0.15, 0.2) is 0 Å². The molecule has 3 nitrogen and oxygen atoms in total. The van der Waals surface area contributed by atoms with Gasteiger partial charge in [-0.25, -0.2) is 8.78 Å². The molecule has 0 radical (unpaired) electrons. The molecule has 0 fully saturated rings. The van der Waals surface area contributed by atoms with Crippen LogP contribution < -0.4 is 5.32 Å². The minimum atomic E-state index is -4.10. The first-order valence-electron chi connectivity index (χ1n) is 5.80. The molecule has 0 aliphatic rings. The number of aromatic nitrogens is 1. The van der Waals surface area contributed by atoms with Gasteiger partial charge in [0.05, 0.1) is 12.1 Å². The second kappa shape index (κ2) is 7.76. The summed E-state index contributed by atoms with van der Waals surface area (Å²) in [5, 5.41) is 3.06. The Balaban J connectivity index is 2.37. The van der Waals surface area contributed by atoms with Gasteiger partial charge in [-0.05, 0) is 6.54 Å². The number of likely N-dealkylation sites (N-methyl/N-ethyl adjacent to an activating group) is 1. The summed E-state index contributed by atoms with van der Waals surface area (Å²) in [6.45, 7) is 1.19. The molecule has 1 atom stereocenters. The molecule has 1 aromatic rings. The van der Waals surface area contributed by atoms with Gasteiger partial charge in [0, 0.05) is 23.5 Å². The van der Waals surface area contributed by atoms with Crippen molar-refractivity contribution in [2.45, 2.75) is 31.7 Å². The Kier molecular flexibility index (Phi) is 6.67. The molecule has 8 heteroatoms. The molecule has 1 heterocycles. The van der Waals surface area contributed by atoms with E-state index in [0.717, 1.165) is 4.88 Å². The summed E-state index contributed by atoms with van der Waals surface area (Å²) in [7, 11) is 0. The maximum absolute atomic E-state index is 12.7. The molecule has 0 bridgehead atoms. The number of thiazole rings is 1. The zero-order valence-corrected chi connectivity index (χ0v) is 11.2. The van der Waals surface area contributed by atoms with Crippen LogP contribution in [0.2, 0.25) is 0 Å². The van der Waals surface area contributed by atoms with Crippen LogP contribution in [0.25, 0.3) is 0 Å². The minimum absolute atomic E-state index is 0.0476. The van der Waals surface area contributed by atoms with Crippen LogP contribution in [-0.4, -0.2) is 43.1 Å². The van der Waals surface area contributed by atoms with Gasteiger partial charge in [0.1, 0.15) is 6.61 Å². The zero-order chi connectivity index (χ0) is 14.3. The smallest absolute Gasteiger partial charge is 0.330 e. The van der Waals surface area contributed by atoms with Gasteiger partial charge in [-0.3, -0.25) is 4.98 Å². The number of hydrogen-bond acceptors (Lipinski definition) is 4. The van der Waals surface area contributed by atoms with Crippen LogP contribution >= 0.6 is 11.3 Å². The fourth-order valence-electron chi connectivity index (χ4n) is 1.46. The largest absolute Gasteiger partial charge is 0.373 e. The summed E-state index contributed by atoms with van der Waals surface area (Å²) < 4.78 is 53.9. The van der Waals surface area contributed by atoms with Crippen LogP contribution in [0, 0.1) is 0 Å². The standard InChI is InChI=1S/C11H16F4N2OS/c1-2-17-8(3-9-4-16-7-19-9)5-18-6-11(14,15)10(12)13/h4,7-8,10,17H,2-3,5-6H2,1H3. The van der Waals surface area contributed by atoms with Crippen molar-refractivity contribution in [2.75, 3.05) is 19.8 Å². The molecule has 0 aliphatic carbocycles. The third-order valence-electron chi connectivity index (χ3n) is 2.36. The molecule has 0 spiro atoms. The second-order valence-electron chi connectivity index (χ2n) is 4.00. The van der Waals surface area contributed by atoms with Crippen LogP contribution in [0.15, 0.2) is 11.7 Å². The fourth-order valence-corrected chi connectivity index (χ4v) is 2.14. The van der Waals surface area contributed by atoms with Gasteiger partial charge >= 0.3 is 12.3 Å². The van der Waals surface area contributed by atoms with Crippen LogP contribution in [0.4, 0.5) is 17.6 Å². The van der Waals surface area contributed by atoms with E-state index in [2.05, 4.69) is 10.3 Å². The van der Waals surface area contributed by atoms with Gasteiger partial charge in [-0.2, -0.15) is 8.78 Å². The molecule has 19 heavy (non-hydrogen) atoms. The summed E-state index contributed by atoms with van der Waals surface area (Å²) in [6, 6.07) is -0.195. The SMILES string of the molecule is CCNC(COCC(F)(F)C(F)F)Cc1cncs1. The lowest BCUT2D eigenvalue weighted by atomic mass is 10.2. The van der Waals surface area contributed by atoms with Gasteiger partial charge in [-0.15, -0.1) is 11.3 Å². The molecule has 110 valence electrons. The summed E-state index contributed by atoms with van der Waals surface area (Å²) in [4.78, 5) is 4.89. The third-order valence-corrected chi connectivity index (χ3v) is 3.16. The van der Waals surface area contributed by atoms with Crippen LogP contribution in [0.1, 0.15) is 11.8 Å². The first-order chi connectivity index (χ1) is 8.95. The quantitative estimate of drug-likeness (QED) is 0.712. The van der Waals surface area contributed by atoms with Crippen molar-refractivity contribution in [2.24, 2.45) is 0 Å². The van der Waals surface area contributed by atoms with Crippen molar-refractivity contribution in [3.63, 3.8) is 0 Å². The molecule has 1 unspecified atom stereocenters. The normalized spacial score (nSPS) is 14.0. The summed E-state index contributed by atoms with van der Waals surface area (Å²) in [5.74, 6) is -4.10. The monoisotopic (exact) mass is 300 g/mol. The predicted molar refractivity (Wildman–Crippen MR) is 65.1 cm³/mol. The summed E-state index contributed by atoms with van der Waals surface area (Å²) in [5.41, 5.74) is 1.67. The Morgan fingerprint density at radius 3 is 2.74 bits per heavy atom. The van der Waals surface area contributed by atoms with Crippen LogP contribution in [-0.2, 0) is 11.2 Å². The average Bonchev–Trinajstić information content (AvgIpc) is 2.81. The molecule has 1 rings (SSSR count). The van der Waals surface area contributed by atoms with Crippen molar-refractivity contribution in [3.05, 3.63) is 16.6 Å². The molecule has 0 aliphatic heterocycles. The van der Waals surface area contributed by atoms with Gasteiger partial charge in [0.2, 0.25) is 0 Å². The maximum Gasteiger partial charge on any atom is 0.330 e. The number of nitrogens with one attached hydrogen (secondary N) is 1. The van der Waals surface area contributed by atoms with E-state index in [0.29, 0.717) is 13.0 Å². The van der Waals surface area contributed by atoms with E-state index in [4.69, 9.17) is 4.74 Å². The Morgan fingerprint density at radius 2 is 2.21 bits per heavy atom. The Morgan fingerprint density at radius 1 is 1.47 bits per heavy atom. The van der Waals surface area contributed by atoms with E-state index in [1.54, 1.807) is 11.7 Å². The highest BCUT2D eigenvalue weighted by atomic mass is 32.1. The molecule has 0 aromatic carbocycles. The van der Waals surface area contributed by atoms with E-state index < -0.39 is 19.0 Å². The molecule has 0 amide bonds. The lowest BCUT2D eigenvalue weighted by Gasteiger charge is -2.20. The highest BCUT2D eigenvalue weighted by Crippen LogP contribution is 2.23.